The van der Waals surface area contributed by atoms with E-state index < -0.39 is 0 Å². The van der Waals surface area contributed by atoms with Crippen LogP contribution >= 0.6 is 11.6 Å². The first-order valence-corrected chi connectivity index (χ1v) is 10.1. The van der Waals surface area contributed by atoms with Gasteiger partial charge in [-0.3, -0.25) is 14.2 Å². The Bertz CT molecular complexity index is 1140. The maximum atomic E-state index is 12.8. The lowest BCUT2D eigenvalue weighted by Crippen LogP contribution is -2.34. The predicted octanol–water partition coefficient (Wildman–Crippen LogP) is 3.03. The highest BCUT2D eigenvalue weighted by Gasteiger charge is 2.20. The second kappa shape index (κ2) is 7.97. The van der Waals surface area contributed by atoms with E-state index in [0.29, 0.717) is 34.6 Å². The van der Waals surface area contributed by atoms with Crippen LogP contribution in [0.25, 0.3) is 10.9 Å². The van der Waals surface area contributed by atoms with Crippen LogP contribution in [0.15, 0.2) is 47.3 Å². The molecule has 150 valence electrons. The summed E-state index contributed by atoms with van der Waals surface area (Å²) < 4.78 is 1.73. The average molecular weight is 411 g/mol. The van der Waals surface area contributed by atoms with Crippen molar-refractivity contribution in [1.82, 2.24) is 19.8 Å². The van der Waals surface area contributed by atoms with Gasteiger partial charge in [0.25, 0.3) is 11.5 Å². The Morgan fingerprint density at radius 2 is 2.07 bits per heavy atom. The Morgan fingerprint density at radius 3 is 2.83 bits per heavy atom. The molecule has 0 saturated carbocycles. The quantitative estimate of drug-likeness (QED) is 0.702. The van der Waals surface area contributed by atoms with Gasteiger partial charge in [0, 0.05) is 30.1 Å². The standard InChI is InChI=1S/C22H23ClN4O2/c1-26(2)19(15-6-3-4-7-17(15)23)13-24-21(28)14-9-10-16-18(12-14)25-20-8-5-11-27(20)22(16)29/h3-4,6-7,9-10,12,19H,5,8,11,13H2,1-2H3,(H,24,28)/t19-/m1/s1. The Kier molecular flexibility index (Phi) is 5.39. The van der Waals surface area contributed by atoms with Crippen LogP contribution in [0.1, 0.15) is 34.2 Å². The van der Waals surface area contributed by atoms with Gasteiger partial charge in [0.05, 0.1) is 16.9 Å². The Balaban J connectivity index is 1.56. The molecule has 0 saturated heterocycles. The number of nitrogens with zero attached hydrogens (tertiary/aromatic N) is 3. The lowest BCUT2D eigenvalue weighted by Gasteiger charge is -2.26. The smallest absolute Gasteiger partial charge is 0.261 e. The maximum absolute atomic E-state index is 12.8. The molecule has 6 nitrogen and oxygen atoms in total. The van der Waals surface area contributed by atoms with E-state index in [0.717, 1.165) is 24.2 Å². The van der Waals surface area contributed by atoms with Gasteiger partial charge in [-0.25, -0.2) is 4.98 Å². The number of fused-ring (bicyclic) bond motifs is 2. The molecule has 1 atom stereocenters. The van der Waals surface area contributed by atoms with Crippen molar-refractivity contribution in [3.8, 4) is 0 Å². The summed E-state index contributed by atoms with van der Waals surface area (Å²) in [6.07, 6.45) is 1.73. The van der Waals surface area contributed by atoms with E-state index in [-0.39, 0.29) is 17.5 Å². The molecule has 2 heterocycles. The number of carbonyl (C=O) groups excluding carboxylic acids is 1. The third-order valence-corrected chi connectivity index (χ3v) is 5.77. The Labute approximate surface area is 174 Å². The predicted molar refractivity (Wildman–Crippen MR) is 115 cm³/mol. The van der Waals surface area contributed by atoms with Crippen LogP contribution in [0.4, 0.5) is 0 Å². The van der Waals surface area contributed by atoms with Gasteiger partial charge in [-0.05, 0) is 50.3 Å². The van der Waals surface area contributed by atoms with E-state index in [1.54, 1.807) is 22.8 Å². The molecule has 1 aliphatic rings. The SMILES string of the molecule is CN(C)[C@H](CNC(=O)c1ccc2c(=O)n3c(nc2c1)CCC3)c1ccccc1Cl. The minimum Gasteiger partial charge on any atom is -0.350 e. The number of hydrogen-bond donors (Lipinski definition) is 1. The normalized spacial score (nSPS) is 14.2. The highest BCUT2D eigenvalue weighted by atomic mass is 35.5. The molecular weight excluding hydrogens is 388 g/mol. The lowest BCUT2D eigenvalue weighted by molar-refractivity contribution is 0.0942. The third-order valence-electron chi connectivity index (χ3n) is 5.42. The molecule has 0 fully saturated rings. The summed E-state index contributed by atoms with van der Waals surface area (Å²) in [6.45, 7) is 1.13. The number of likely N-dealkylation sites (N-methyl/N-ethyl adjacent to an activating group) is 1. The zero-order valence-corrected chi connectivity index (χ0v) is 17.2. The van der Waals surface area contributed by atoms with Crippen LogP contribution in [0, 0.1) is 0 Å². The van der Waals surface area contributed by atoms with Crippen LogP contribution in [-0.2, 0) is 13.0 Å². The zero-order valence-electron chi connectivity index (χ0n) is 16.5. The van der Waals surface area contributed by atoms with Gasteiger partial charge in [0.1, 0.15) is 5.82 Å². The van der Waals surface area contributed by atoms with Crippen molar-refractivity contribution in [2.75, 3.05) is 20.6 Å². The van der Waals surface area contributed by atoms with Gasteiger partial charge in [-0.2, -0.15) is 0 Å². The van der Waals surface area contributed by atoms with E-state index in [2.05, 4.69) is 10.3 Å². The van der Waals surface area contributed by atoms with Gasteiger partial charge >= 0.3 is 0 Å². The van der Waals surface area contributed by atoms with Crippen LogP contribution < -0.4 is 10.9 Å². The molecule has 0 bridgehead atoms. The molecule has 3 aromatic rings. The first kappa shape index (κ1) is 19.6. The van der Waals surface area contributed by atoms with Gasteiger partial charge in [-0.1, -0.05) is 29.8 Å². The largest absolute Gasteiger partial charge is 0.350 e. The van der Waals surface area contributed by atoms with E-state index >= 15 is 0 Å². The number of hydrogen-bond acceptors (Lipinski definition) is 4. The minimum absolute atomic E-state index is 0.0270. The van der Waals surface area contributed by atoms with Gasteiger partial charge < -0.3 is 10.2 Å². The first-order chi connectivity index (χ1) is 14.0. The third kappa shape index (κ3) is 3.78. The van der Waals surface area contributed by atoms with Crippen molar-refractivity contribution in [1.29, 1.82) is 0 Å². The molecule has 2 aromatic carbocycles. The number of nitrogens with one attached hydrogen (secondary N) is 1. The fraction of sp³-hybridized carbons (Fsp3) is 0.318. The van der Waals surface area contributed by atoms with Crippen molar-refractivity contribution < 1.29 is 4.79 Å². The van der Waals surface area contributed by atoms with E-state index in [9.17, 15) is 9.59 Å². The second-order valence-corrected chi connectivity index (χ2v) is 7.94. The van der Waals surface area contributed by atoms with Gasteiger partial charge in [0.15, 0.2) is 0 Å². The molecule has 1 aliphatic heterocycles. The van der Waals surface area contributed by atoms with Crippen molar-refractivity contribution in [3.05, 3.63) is 74.8 Å². The van der Waals surface area contributed by atoms with Crippen molar-refractivity contribution in [2.45, 2.75) is 25.4 Å². The van der Waals surface area contributed by atoms with Crippen LogP contribution in [-0.4, -0.2) is 41.0 Å². The topological polar surface area (TPSA) is 67.2 Å². The summed E-state index contributed by atoms with van der Waals surface area (Å²) in [7, 11) is 3.90. The van der Waals surface area contributed by atoms with Crippen LogP contribution in [0.2, 0.25) is 5.02 Å². The molecule has 0 aliphatic carbocycles. The second-order valence-electron chi connectivity index (χ2n) is 7.53. The number of aromatic nitrogens is 2. The van der Waals surface area contributed by atoms with Crippen LogP contribution in [0.3, 0.4) is 0 Å². The summed E-state index contributed by atoms with van der Waals surface area (Å²) in [5.41, 5.74) is 2.00. The first-order valence-electron chi connectivity index (χ1n) is 9.68. The van der Waals surface area contributed by atoms with Crippen molar-refractivity contribution in [3.63, 3.8) is 0 Å². The number of benzene rings is 2. The molecule has 0 unspecified atom stereocenters. The van der Waals surface area contributed by atoms with E-state index in [1.807, 2.05) is 43.3 Å². The summed E-state index contributed by atoms with van der Waals surface area (Å²) >= 11 is 6.34. The summed E-state index contributed by atoms with van der Waals surface area (Å²) in [6, 6.07) is 12.7. The number of carbonyl (C=O) groups is 1. The molecule has 7 heteroatoms. The Hall–Kier alpha value is -2.70. The molecule has 1 amide bonds. The fourth-order valence-corrected chi connectivity index (χ4v) is 4.09. The molecule has 1 aromatic heterocycles. The average Bonchev–Trinajstić information content (AvgIpc) is 3.17. The molecule has 29 heavy (non-hydrogen) atoms. The monoisotopic (exact) mass is 410 g/mol. The molecule has 0 spiro atoms. The molecule has 0 radical (unpaired) electrons. The number of rotatable bonds is 5. The maximum Gasteiger partial charge on any atom is 0.261 e. The fourth-order valence-electron chi connectivity index (χ4n) is 3.83. The number of aryl methyl sites for hydroxylation is 1. The van der Waals surface area contributed by atoms with Crippen molar-refractivity contribution >= 4 is 28.4 Å². The highest BCUT2D eigenvalue weighted by Crippen LogP contribution is 2.25. The lowest BCUT2D eigenvalue weighted by atomic mass is 10.1. The van der Waals surface area contributed by atoms with Gasteiger partial charge in [-0.15, -0.1) is 0 Å². The highest BCUT2D eigenvalue weighted by molar-refractivity contribution is 6.31. The van der Waals surface area contributed by atoms with E-state index in [1.165, 1.54) is 0 Å². The zero-order chi connectivity index (χ0) is 20.5. The minimum atomic E-state index is -0.201. The van der Waals surface area contributed by atoms with Gasteiger partial charge in [0.2, 0.25) is 0 Å². The number of halogens is 1. The molecule has 1 N–H and O–H groups in total. The molecular formula is C22H23ClN4O2. The van der Waals surface area contributed by atoms with Crippen molar-refractivity contribution in [2.24, 2.45) is 0 Å². The number of amides is 1. The Morgan fingerprint density at radius 1 is 1.28 bits per heavy atom. The molecule has 4 rings (SSSR count). The summed E-state index contributed by atoms with van der Waals surface area (Å²) in [4.78, 5) is 32.0. The van der Waals surface area contributed by atoms with Crippen LogP contribution in [0.5, 0.6) is 0 Å². The summed E-state index contributed by atoms with van der Waals surface area (Å²) in [5, 5.41) is 4.21. The summed E-state index contributed by atoms with van der Waals surface area (Å²) in [5.74, 6) is 0.597. The van der Waals surface area contributed by atoms with E-state index in [4.69, 9.17) is 11.6 Å².